The second-order valence-corrected chi connectivity index (χ2v) is 6.06. The number of nitrogens with one attached hydrogen (secondary N) is 1. The summed E-state index contributed by atoms with van der Waals surface area (Å²) in [7, 11) is 0. The van der Waals surface area contributed by atoms with E-state index < -0.39 is 0 Å². The molecule has 0 unspecified atom stereocenters. The van der Waals surface area contributed by atoms with Gasteiger partial charge in [-0.05, 0) is 30.7 Å². The molecule has 0 radical (unpaired) electrons. The van der Waals surface area contributed by atoms with Crippen LogP contribution in [0.5, 0.6) is 0 Å². The molecule has 0 fully saturated rings. The van der Waals surface area contributed by atoms with Crippen LogP contribution in [0, 0.1) is 6.92 Å². The maximum absolute atomic E-state index is 12.4. The number of imidazole rings is 1. The molecule has 1 amide bonds. The van der Waals surface area contributed by atoms with Crippen LogP contribution in [0.15, 0.2) is 73.4 Å². The molecule has 134 valence electrons. The lowest BCUT2D eigenvalue weighted by atomic mass is 10.2. The first-order valence-electron chi connectivity index (χ1n) is 8.54. The Bertz CT molecular complexity index is 1050. The van der Waals surface area contributed by atoms with Crippen LogP contribution in [0.25, 0.3) is 11.5 Å². The molecule has 0 bridgehead atoms. The van der Waals surface area contributed by atoms with Gasteiger partial charge in [0.25, 0.3) is 5.91 Å². The van der Waals surface area contributed by atoms with Gasteiger partial charge in [-0.1, -0.05) is 24.3 Å². The Balaban J connectivity index is 1.39. The summed E-state index contributed by atoms with van der Waals surface area (Å²) < 4.78 is 3.58. The van der Waals surface area contributed by atoms with Gasteiger partial charge in [-0.25, -0.2) is 14.6 Å². The van der Waals surface area contributed by atoms with E-state index in [9.17, 15) is 4.79 Å². The van der Waals surface area contributed by atoms with Crippen molar-refractivity contribution in [2.75, 3.05) is 0 Å². The standard InChI is InChI=1S/C20H18N6O/c1-15-21-9-10-25(15)19-8-7-16(11-22-19)12-23-20(27)17-13-24-26(14-17)18-5-3-2-4-6-18/h2-11,13-14H,12H2,1H3,(H,23,27). The predicted molar refractivity (Wildman–Crippen MR) is 101 cm³/mol. The Kier molecular flexibility index (Phi) is 4.49. The number of nitrogens with zero attached hydrogens (tertiary/aromatic N) is 5. The number of aromatic nitrogens is 5. The summed E-state index contributed by atoms with van der Waals surface area (Å²) >= 11 is 0. The zero-order valence-corrected chi connectivity index (χ0v) is 14.8. The van der Waals surface area contributed by atoms with Gasteiger partial charge >= 0.3 is 0 Å². The van der Waals surface area contributed by atoms with Crippen molar-refractivity contribution < 1.29 is 4.79 Å². The molecule has 1 aromatic carbocycles. The molecule has 1 N–H and O–H groups in total. The Morgan fingerprint density at radius 2 is 1.93 bits per heavy atom. The van der Waals surface area contributed by atoms with E-state index in [-0.39, 0.29) is 5.91 Å². The van der Waals surface area contributed by atoms with Crippen LogP contribution in [0.3, 0.4) is 0 Å². The molecule has 4 rings (SSSR count). The minimum absolute atomic E-state index is 0.174. The van der Waals surface area contributed by atoms with Crippen molar-refractivity contribution in [3.8, 4) is 11.5 Å². The van der Waals surface area contributed by atoms with Crippen LogP contribution in [0.2, 0.25) is 0 Å². The number of benzene rings is 1. The predicted octanol–water partition coefficient (Wildman–Crippen LogP) is 2.69. The first-order chi connectivity index (χ1) is 13.2. The molecule has 0 saturated heterocycles. The van der Waals surface area contributed by atoms with E-state index >= 15 is 0 Å². The minimum atomic E-state index is -0.174. The van der Waals surface area contributed by atoms with Crippen molar-refractivity contribution in [2.45, 2.75) is 13.5 Å². The number of hydrogen-bond acceptors (Lipinski definition) is 4. The largest absolute Gasteiger partial charge is 0.348 e. The second-order valence-electron chi connectivity index (χ2n) is 6.06. The van der Waals surface area contributed by atoms with E-state index in [0.717, 1.165) is 22.9 Å². The van der Waals surface area contributed by atoms with Gasteiger partial charge in [-0.2, -0.15) is 5.10 Å². The fourth-order valence-corrected chi connectivity index (χ4v) is 2.73. The highest BCUT2D eigenvalue weighted by Gasteiger charge is 2.09. The Morgan fingerprint density at radius 3 is 2.63 bits per heavy atom. The fourth-order valence-electron chi connectivity index (χ4n) is 2.73. The Hall–Kier alpha value is -3.74. The van der Waals surface area contributed by atoms with Crippen molar-refractivity contribution in [2.24, 2.45) is 0 Å². The highest BCUT2D eigenvalue weighted by Crippen LogP contribution is 2.10. The van der Waals surface area contributed by atoms with Crippen molar-refractivity contribution >= 4 is 5.91 Å². The van der Waals surface area contributed by atoms with Gasteiger partial charge in [-0.3, -0.25) is 9.36 Å². The summed E-state index contributed by atoms with van der Waals surface area (Å²) in [4.78, 5) is 21.0. The number of pyridine rings is 1. The molecule has 0 saturated carbocycles. The Morgan fingerprint density at radius 1 is 1.07 bits per heavy atom. The van der Waals surface area contributed by atoms with Gasteiger partial charge in [0, 0.05) is 31.3 Å². The van der Waals surface area contributed by atoms with Gasteiger partial charge in [-0.15, -0.1) is 0 Å². The summed E-state index contributed by atoms with van der Waals surface area (Å²) in [5, 5.41) is 7.14. The van der Waals surface area contributed by atoms with Crippen LogP contribution in [0.4, 0.5) is 0 Å². The monoisotopic (exact) mass is 358 g/mol. The third-order valence-corrected chi connectivity index (χ3v) is 4.20. The third kappa shape index (κ3) is 3.62. The Labute approximate surface area is 156 Å². The molecule has 0 aliphatic heterocycles. The molecule has 3 heterocycles. The van der Waals surface area contributed by atoms with Crippen molar-refractivity contribution in [3.05, 3.63) is 90.4 Å². The molecule has 0 aliphatic carbocycles. The molecule has 7 heteroatoms. The fraction of sp³-hybridized carbons (Fsp3) is 0.100. The molecular formula is C20H18N6O. The quantitative estimate of drug-likeness (QED) is 0.595. The summed E-state index contributed by atoms with van der Waals surface area (Å²) in [5.41, 5.74) is 2.34. The maximum Gasteiger partial charge on any atom is 0.254 e. The number of carbonyl (C=O) groups is 1. The first-order valence-corrected chi connectivity index (χ1v) is 8.54. The van der Waals surface area contributed by atoms with Gasteiger partial charge in [0.05, 0.1) is 17.4 Å². The summed E-state index contributed by atoms with van der Waals surface area (Å²) in [5.74, 6) is 1.50. The lowest BCUT2D eigenvalue weighted by molar-refractivity contribution is 0.0951. The number of aryl methyl sites for hydroxylation is 1. The lowest BCUT2D eigenvalue weighted by Crippen LogP contribution is -2.22. The van der Waals surface area contributed by atoms with Crippen molar-refractivity contribution in [3.63, 3.8) is 0 Å². The maximum atomic E-state index is 12.4. The molecule has 7 nitrogen and oxygen atoms in total. The molecule has 27 heavy (non-hydrogen) atoms. The van der Waals surface area contributed by atoms with Crippen LogP contribution in [-0.4, -0.2) is 30.2 Å². The first kappa shape index (κ1) is 16.7. The van der Waals surface area contributed by atoms with Crippen LogP contribution < -0.4 is 5.32 Å². The SMILES string of the molecule is Cc1nccn1-c1ccc(CNC(=O)c2cnn(-c3ccccc3)c2)cn1. The van der Waals surface area contributed by atoms with Crippen LogP contribution in [0.1, 0.15) is 21.7 Å². The van der Waals surface area contributed by atoms with Crippen molar-refractivity contribution in [1.82, 2.24) is 29.6 Å². The summed E-state index contributed by atoms with van der Waals surface area (Å²) in [6.45, 7) is 2.32. The third-order valence-electron chi connectivity index (χ3n) is 4.20. The molecule has 0 spiro atoms. The molecule has 4 aromatic rings. The summed E-state index contributed by atoms with van der Waals surface area (Å²) in [6, 6.07) is 13.5. The molecule has 0 aliphatic rings. The smallest absolute Gasteiger partial charge is 0.254 e. The molecule has 0 atom stereocenters. The van der Waals surface area contributed by atoms with E-state index in [1.807, 2.05) is 60.2 Å². The number of carbonyl (C=O) groups excluding carboxylic acids is 1. The minimum Gasteiger partial charge on any atom is -0.348 e. The zero-order valence-electron chi connectivity index (χ0n) is 14.8. The number of amides is 1. The van der Waals surface area contributed by atoms with Crippen LogP contribution >= 0.6 is 0 Å². The normalized spacial score (nSPS) is 10.7. The number of para-hydroxylation sites is 1. The van der Waals surface area contributed by atoms with Gasteiger partial charge < -0.3 is 5.32 Å². The van der Waals surface area contributed by atoms with E-state index in [1.165, 1.54) is 0 Å². The average Bonchev–Trinajstić information content (AvgIpc) is 3.37. The zero-order chi connectivity index (χ0) is 18.6. The number of rotatable bonds is 5. The van der Waals surface area contributed by atoms with E-state index in [4.69, 9.17) is 0 Å². The van der Waals surface area contributed by atoms with Crippen molar-refractivity contribution in [1.29, 1.82) is 0 Å². The second kappa shape index (κ2) is 7.25. The topological polar surface area (TPSA) is 77.6 Å². The van der Waals surface area contributed by atoms with Gasteiger partial charge in [0.1, 0.15) is 11.6 Å². The van der Waals surface area contributed by atoms with Gasteiger partial charge in [0.2, 0.25) is 0 Å². The summed E-state index contributed by atoms with van der Waals surface area (Å²) in [6.07, 6.45) is 8.63. The molecule has 3 aromatic heterocycles. The average molecular weight is 358 g/mol. The van der Waals surface area contributed by atoms with E-state index in [0.29, 0.717) is 12.1 Å². The highest BCUT2D eigenvalue weighted by atomic mass is 16.1. The van der Waals surface area contributed by atoms with E-state index in [1.54, 1.807) is 29.5 Å². The van der Waals surface area contributed by atoms with E-state index in [2.05, 4.69) is 20.4 Å². The molecular weight excluding hydrogens is 340 g/mol. The highest BCUT2D eigenvalue weighted by molar-refractivity contribution is 5.93. The lowest BCUT2D eigenvalue weighted by Gasteiger charge is -2.06. The number of hydrogen-bond donors (Lipinski definition) is 1. The van der Waals surface area contributed by atoms with Gasteiger partial charge in [0.15, 0.2) is 0 Å². The van der Waals surface area contributed by atoms with Crippen LogP contribution in [-0.2, 0) is 6.54 Å².